The lowest BCUT2D eigenvalue weighted by molar-refractivity contribution is -0.137. The second-order valence-electron chi connectivity index (χ2n) is 2.08. The first-order valence-corrected chi connectivity index (χ1v) is 3.69. The summed E-state index contributed by atoms with van der Waals surface area (Å²) in [5.74, 6) is -0.450. The van der Waals surface area contributed by atoms with Crippen molar-refractivity contribution in [2.75, 3.05) is 6.61 Å². The Bertz CT molecular complexity index is 214. The molecule has 0 radical (unpaired) electrons. The Labute approximate surface area is 71.7 Å². The molecule has 12 heavy (non-hydrogen) atoms. The molecule has 0 N–H and O–H groups in total. The van der Waals surface area contributed by atoms with Gasteiger partial charge in [0.1, 0.15) is 0 Å². The summed E-state index contributed by atoms with van der Waals surface area (Å²) in [6.07, 6.45) is 5.61. The van der Waals surface area contributed by atoms with E-state index in [1.54, 1.807) is 6.92 Å². The van der Waals surface area contributed by atoms with Crippen LogP contribution in [0.4, 0.5) is 0 Å². The topological polar surface area (TPSA) is 43.4 Å². The Morgan fingerprint density at radius 2 is 1.83 bits per heavy atom. The van der Waals surface area contributed by atoms with Gasteiger partial charge in [-0.05, 0) is 19.9 Å². The lowest BCUT2D eigenvalue weighted by Crippen LogP contribution is -1.98. The molecule has 0 spiro atoms. The third-order valence-corrected chi connectivity index (χ3v) is 0.961. The van der Waals surface area contributed by atoms with Crippen LogP contribution in [0.2, 0.25) is 0 Å². The molecule has 0 bridgehead atoms. The summed E-state index contributed by atoms with van der Waals surface area (Å²) in [5, 5.41) is 0. The second-order valence-corrected chi connectivity index (χ2v) is 2.08. The molecular weight excluding hydrogens is 156 g/mol. The van der Waals surface area contributed by atoms with Crippen molar-refractivity contribution in [3.63, 3.8) is 0 Å². The van der Waals surface area contributed by atoms with Gasteiger partial charge in [-0.25, -0.2) is 4.79 Å². The first-order valence-electron chi connectivity index (χ1n) is 3.69. The van der Waals surface area contributed by atoms with Gasteiger partial charge in [-0.2, -0.15) is 0 Å². The molecule has 0 unspecified atom stereocenters. The molecule has 0 amide bonds. The van der Waals surface area contributed by atoms with E-state index in [4.69, 9.17) is 0 Å². The van der Waals surface area contributed by atoms with Crippen molar-refractivity contribution in [2.24, 2.45) is 0 Å². The Balaban J connectivity index is 3.75. The molecule has 0 saturated carbocycles. The number of rotatable bonds is 4. The molecule has 0 aromatic rings. The summed E-state index contributed by atoms with van der Waals surface area (Å²) >= 11 is 0. The Kier molecular flexibility index (Phi) is 5.61. The molecule has 0 fully saturated rings. The summed E-state index contributed by atoms with van der Waals surface area (Å²) in [5.41, 5.74) is 0. The number of ether oxygens (including phenoxy) is 1. The van der Waals surface area contributed by atoms with Crippen molar-refractivity contribution in [2.45, 2.75) is 13.8 Å². The maximum Gasteiger partial charge on any atom is 0.330 e. The van der Waals surface area contributed by atoms with E-state index in [0.29, 0.717) is 6.61 Å². The molecule has 0 heterocycles. The minimum atomic E-state index is -0.397. The van der Waals surface area contributed by atoms with Gasteiger partial charge in [0.05, 0.1) is 6.61 Å². The van der Waals surface area contributed by atoms with Crippen LogP contribution in [0.5, 0.6) is 0 Å². The molecule has 0 aromatic heterocycles. The molecular formula is C9H12O3. The molecule has 3 nitrogen and oxygen atoms in total. The predicted molar refractivity (Wildman–Crippen MR) is 45.6 cm³/mol. The summed E-state index contributed by atoms with van der Waals surface area (Å²) < 4.78 is 4.60. The molecule has 0 aromatic carbocycles. The number of carbonyl (C=O) groups is 2. The maximum atomic E-state index is 10.7. The number of hydrogen-bond donors (Lipinski definition) is 0. The van der Waals surface area contributed by atoms with E-state index in [-0.39, 0.29) is 5.78 Å². The molecule has 3 heteroatoms. The van der Waals surface area contributed by atoms with Crippen LogP contribution in [0.1, 0.15) is 13.8 Å². The molecule has 0 saturated heterocycles. The van der Waals surface area contributed by atoms with Crippen molar-refractivity contribution in [1.29, 1.82) is 0 Å². The monoisotopic (exact) mass is 168 g/mol. The van der Waals surface area contributed by atoms with E-state index < -0.39 is 5.97 Å². The van der Waals surface area contributed by atoms with Gasteiger partial charge in [0, 0.05) is 6.08 Å². The molecule has 0 atom stereocenters. The van der Waals surface area contributed by atoms with Crippen molar-refractivity contribution >= 4 is 11.8 Å². The minimum absolute atomic E-state index is 0.0523. The van der Waals surface area contributed by atoms with Gasteiger partial charge in [0.2, 0.25) is 0 Å². The van der Waals surface area contributed by atoms with Crippen LogP contribution in [-0.2, 0) is 14.3 Å². The Hall–Kier alpha value is -1.38. The number of hydrogen-bond acceptors (Lipinski definition) is 3. The van der Waals surface area contributed by atoms with Crippen LogP contribution in [0.15, 0.2) is 24.3 Å². The highest BCUT2D eigenvalue weighted by atomic mass is 16.5. The Morgan fingerprint density at radius 3 is 2.33 bits per heavy atom. The fourth-order valence-corrected chi connectivity index (χ4v) is 0.516. The quantitative estimate of drug-likeness (QED) is 0.360. The van der Waals surface area contributed by atoms with Gasteiger partial charge in [0.25, 0.3) is 0 Å². The zero-order chi connectivity index (χ0) is 9.40. The van der Waals surface area contributed by atoms with Gasteiger partial charge in [-0.15, -0.1) is 0 Å². The molecule has 66 valence electrons. The lowest BCUT2D eigenvalue weighted by Gasteiger charge is -1.92. The van der Waals surface area contributed by atoms with Crippen LogP contribution < -0.4 is 0 Å². The third kappa shape index (κ3) is 6.74. The van der Waals surface area contributed by atoms with Gasteiger partial charge in [0.15, 0.2) is 5.78 Å². The van der Waals surface area contributed by atoms with E-state index in [1.807, 2.05) is 0 Å². The average Bonchev–Trinajstić information content (AvgIpc) is 1.98. The third-order valence-electron chi connectivity index (χ3n) is 0.961. The van der Waals surface area contributed by atoms with Crippen molar-refractivity contribution in [3.8, 4) is 0 Å². The average molecular weight is 168 g/mol. The number of ketones is 1. The first kappa shape index (κ1) is 10.6. The Morgan fingerprint density at radius 1 is 1.25 bits per heavy atom. The summed E-state index contributed by atoms with van der Waals surface area (Å²) in [4.78, 5) is 21.0. The van der Waals surface area contributed by atoms with Crippen molar-refractivity contribution < 1.29 is 14.3 Å². The normalized spacial score (nSPS) is 10.8. The summed E-state index contributed by atoms with van der Waals surface area (Å²) in [6, 6.07) is 0. The number of carbonyl (C=O) groups excluding carboxylic acids is 2. The molecule has 0 aliphatic carbocycles. The van der Waals surface area contributed by atoms with Crippen LogP contribution in [0, 0.1) is 0 Å². The van der Waals surface area contributed by atoms with E-state index >= 15 is 0 Å². The van der Waals surface area contributed by atoms with E-state index in [0.717, 1.165) is 0 Å². The fraction of sp³-hybridized carbons (Fsp3) is 0.333. The van der Waals surface area contributed by atoms with Gasteiger partial charge < -0.3 is 4.74 Å². The number of esters is 1. The maximum absolute atomic E-state index is 10.7. The minimum Gasteiger partial charge on any atom is -0.463 e. The van der Waals surface area contributed by atoms with Crippen LogP contribution >= 0.6 is 0 Å². The smallest absolute Gasteiger partial charge is 0.330 e. The van der Waals surface area contributed by atoms with Crippen LogP contribution in [0.3, 0.4) is 0 Å². The van der Waals surface area contributed by atoms with Crippen LogP contribution in [-0.4, -0.2) is 18.4 Å². The molecule has 0 aliphatic heterocycles. The summed E-state index contributed by atoms with van der Waals surface area (Å²) in [6.45, 7) is 3.53. The van der Waals surface area contributed by atoms with E-state index in [1.165, 1.54) is 31.2 Å². The lowest BCUT2D eigenvalue weighted by atomic mass is 10.3. The van der Waals surface area contributed by atoms with Gasteiger partial charge in [-0.3, -0.25) is 4.79 Å². The standard InChI is InChI=1S/C9H12O3/c1-3-12-9(11)7-5-4-6-8(2)10/h4-7H,3H2,1-2H3. The SMILES string of the molecule is CCOC(=O)C=CC=CC(C)=O. The molecule has 0 aliphatic rings. The number of allylic oxidation sites excluding steroid dienone is 3. The first-order chi connectivity index (χ1) is 5.66. The fourth-order valence-electron chi connectivity index (χ4n) is 0.516. The largest absolute Gasteiger partial charge is 0.463 e. The zero-order valence-corrected chi connectivity index (χ0v) is 7.24. The predicted octanol–water partition coefficient (Wildman–Crippen LogP) is 1.25. The van der Waals surface area contributed by atoms with Gasteiger partial charge in [-0.1, -0.05) is 12.2 Å². The highest BCUT2D eigenvalue weighted by Gasteiger charge is 1.89. The van der Waals surface area contributed by atoms with Crippen LogP contribution in [0.25, 0.3) is 0 Å². The highest BCUT2D eigenvalue weighted by molar-refractivity contribution is 5.88. The zero-order valence-electron chi connectivity index (χ0n) is 7.24. The van der Waals surface area contributed by atoms with E-state index in [9.17, 15) is 9.59 Å². The molecule has 0 rings (SSSR count). The summed E-state index contributed by atoms with van der Waals surface area (Å²) in [7, 11) is 0. The van der Waals surface area contributed by atoms with Crippen molar-refractivity contribution in [1.82, 2.24) is 0 Å². The van der Waals surface area contributed by atoms with Crippen molar-refractivity contribution in [3.05, 3.63) is 24.3 Å². The van der Waals surface area contributed by atoms with Gasteiger partial charge >= 0.3 is 5.97 Å². The van der Waals surface area contributed by atoms with E-state index in [2.05, 4.69) is 4.74 Å². The highest BCUT2D eigenvalue weighted by Crippen LogP contribution is 1.83. The second kappa shape index (κ2) is 6.34.